The van der Waals surface area contributed by atoms with Gasteiger partial charge in [0.25, 0.3) is 0 Å². The zero-order chi connectivity index (χ0) is 18.7. The van der Waals surface area contributed by atoms with Gasteiger partial charge in [-0.1, -0.05) is 35.9 Å². The Kier molecular flexibility index (Phi) is 5.54. The summed E-state index contributed by atoms with van der Waals surface area (Å²) in [6.07, 6.45) is 0.192. The number of amides is 1. The van der Waals surface area contributed by atoms with Crippen molar-refractivity contribution in [1.82, 2.24) is 4.90 Å². The Labute approximate surface area is 159 Å². The van der Waals surface area contributed by atoms with E-state index in [4.69, 9.17) is 21.1 Å². The third-order valence-electron chi connectivity index (χ3n) is 4.75. The van der Waals surface area contributed by atoms with E-state index in [1.165, 1.54) is 0 Å². The number of hydrogen-bond donors (Lipinski definition) is 0. The number of hydrogen-bond acceptors (Lipinski definition) is 3. The first-order chi connectivity index (χ1) is 12.4. The highest BCUT2D eigenvalue weighted by Gasteiger charge is 2.38. The molecular weight excluding hydrogens is 350 g/mol. The molecule has 2 aromatic carbocycles. The highest BCUT2D eigenvalue weighted by Crippen LogP contribution is 2.31. The number of rotatable bonds is 4. The molecule has 0 radical (unpaired) electrons. The van der Waals surface area contributed by atoms with Crippen LogP contribution in [0.3, 0.4) is 0 Å². The monoisotopic (exact) mass is 373 g/mol. The van der Waals surface area contributed by atoms with Crippen LogP contribution in [0.2, 0.25) is 5.02 Å². The smallest absolute Gasteiger partial charge is 0.227 e. The second-order valence-electron chi connectivity index (χ2n) is 7.20. The molecule has 1 heterocycles. The van der Waals surface area contributed by atoms with Gasteiger partial charge in [-0.05, 0) is 49.2 Å². The maximum absolute atomic E-state index is 13.0. The minimum atomic E-state index is -0.349. The van der Waals surface area contributed by atoms with Crippen molar-refractivity contribution in [3.63, 3.8) is 0 Å². The van der Waals surface area contributed by atoms with Crippen LogP contribution in [-0.4, -0.2) is 36.6 Å². The van der Waals surface area contributed by atoms with Gasteiger partial charge in [0.1, 0.15) is 11.9 Å². The molecule has 1 amide bonds. The Morgan fingerprint density at radius 2 is 2.00 bits per heavy atom. The summed E-state index contributed by atoms with van der Waals surface area (Å²) in [5.74, 6) is 0.879. The van der Waals surface area contributed by atoms with E-state index in [-0.39, 0.29) is 17.6 Å². The van der Waals surface area contributed by atoms with Gasteiger partial charge in [0.05, 0.1) is 32.2 Å². The molecule has 4 nitrogen and oxygen atoms in total. The molecule has 0 saturated carbocycles. The minimum Gasteiger partial charge on any atom is -0.497 e. The van der Waals surface area contributed by atoms with Crippen molar-refractivity contribution >= 4 is 17.5 Å². The van der Waals surface area contributed by atoms with Gasteiger partial charge in [-0.2, -0.15) is 0 Å². The zero-order valence-corrected chi connectivity index (χ0v) is 16.1. The van der Waals surface area contributed by atoms with Crippen molar-refractivity contribution in [3.8, 4) is 5.75 Å². The number of ether oxygens (including phenoxy) is 2. The van der Waals surface area contributed by atoms with Crippen molar-refractivity contribution in [2.45, 2.75) is 31.9 Å². The van der Waals surface area contributed by atoms with Crippen molar-refractivity contribution in [2.24, 2.45) is 0 Å². The van der Waals surface area contributed by atoms with Crippen molar-refractivity contribution in [3.05, 3.63) is 64.7 Å². The van der Waals surface area contributed by atoms with Gasteiger partial charge < -0.3 is 14.4 Å². The summed E-state index contributed by atoms with van der Waals surface area (Å²) in [7, 11) is 1.63. The van der Waals surface area contributed by atoms with E-state index in [0.717, 1.165) is 16.9 Å². The first-order valence-electron chi connectivity index (χ1n) is 8.69. The largest absolute Gasteiger partial charge is 0.497 e. The highest BCUT2D eigenvalue weighted by molar-refractivity contribution is 6.30. The minimum absolute atomic E-state index is 0.0931. The lowest BCUT2D eigenvalue weighted by Crippen LogP contribution is -2.56. The zero-order valence-electron chi connectivity index (χ0n) is 15.4. The van der Waals surface area contributed by atoms with Crippen molar-refractivity contribution in [1.29, 1.82) is 0 Å². The van der Waals surface area contributed by atoms with Crippen LogP contribution in [0.4, 0.5) is 0 Å². The van der Waals surface area contributed by atoms with Crippen LogP contribution in [0.1, 0.15) is 31.1 Å². The van der Waals surface area contributed by atoms with E-state index in [0.29, 0.717) is 24.6 Å². The predicted molar refractivity (Wildman–Crippen MR) is 103 cm³/mol. The molecule has 138 valence electrons. The van der Waals surface area contributed by atoms with E-state index in [9.17, 15) is 4.79 Å². The van der Waals surface area contributed by atoms with Crippen LogP contribution in [-0.2, 0) is 16.0 Å². The summed E-state index contributed by atoms with van der Waals surface area (Å²) in [6, 6.07) is 15.2. The second kappa shape index (κ2) is 7.68. The first-order valence-corrected chi connectivity index (χ1v) is 9.07. The summed E-state index contributed by atoms with van der Waals surface area (Å²) < 4.78 is 11.2. The molecule has 1 fully saturated rings. The third kappa shape index (κ3) is 4.19. The summed E-state index contributed by atoms with van der Waals surface area (Å²) in [4.78, 5) is 14.9. The molecule has 3 rings (SSSR count). The number of carbonyl (C=O) groups excluding carboxylic acids is 1. The second-order valence-corrected chi connectivity index (χ2v) is 7.63. The molecule has 0 aromatic heterocycles. The van der Waals surface area contributed by atoms with E-state index in [1.807, 2.05) is 67.3 Å². The topological polar surface area (TPSA) is 38.8 Å². The van der Waals surface area contributed by atoms with Gasteiger partial charge in [-0.15, -0.1) is 0 Å². The SMILES string of the molecule is COc1ccc(CC(=O)N2CC(c3cccc(Cl)c3)OCC2(C)C)cc1. The van der Waals surface area contributed by atoms with Crippen LogP contribution in [0.25, 0.3) is 0 Å². The third-order valence-corrected chi connectivity index (χ3v) is 4.99. The van der Waals surface area contributed by atoms with E-state index in [2.05, 4.69) is 0 Å². The maximum Gasteiger partial charge on any atom is 0.227 e. The average Bonchev–Trinajstić information content (AvgIpc) is 2.62. The summed E-state index contributed by atoms with van der Waals surface area (Å²) in [5, 5.41) is 0.673. The van der Waals surface area contributed by atoms with Gasteiger partial charge >= 0.3 is 0 Å². The van der Waals surface area contributed by atoms with E-state index in [1.54, 1.807) is 7.11 Å². The van der Waals surface area contributed by atoms with Gasteiger partial charge in [-0.25, -0.2) is 0 Å². The lowest BCUT2D eigenvalue weighted by Gasteiger charge is -2.45. The van der Waals surface area contributed by atoms with Crippen LogP contribution >= 0.6 is 11.6 Å². The molecule has 0 aliphatic carbocycles. The summed E-state index contributed by atoms with van der Waals surface area (Å²) in [5.41, 5.74) is 1.62. The molecule has 0 N–H and O–H groups in total. The summed E-state index contributed by atoms with van der Waals surface area (Å²) >= 11 is 6.10. The number of methoxy groups -OCH3 is 1. The average molecular weight is 374 g/mol. The Bertz CT molecular complexity index is 773. The molecule has 1 unspecified atom stereocenters. The van der Waals surface area contributed by atoms with Crippen LogP contribution in [0, 0.1) is 0 Å². The number of halogens is 1. The molecule has 2 aromatic rings. The molecular formula is C21H24ClNO3. The van der Waals surface area contributed by atoms with Crippen molar-refractivity contribution in [2.75, 3.05) is 20.3 Å². The fourth-order valence-electron chi connectivity index (χ4n) is 3.21. The summed E-state index contributed by atoms with van der Waals surface area (Å²) in [6.45, 7) is 5.07. The number of benzene rings is 2. The number of nitrogens with zero attached hydrogens (tertiary/aromatic N) is 1. The fraction of sp³-hybridized carbons (Fsp3) is 0.381. The predicted octanol–water partition coefficient (Wildman–Crippen LogP) is 4.27. The lowest BCUT2D eigenvalue weighted by molar-refractivity contribution is -0.154. The molecule has 0 bridgehead atoms. The molecule has 0 spiro atoms. The first kappa shape index (κ1) is 18.7. The molecule has 1 atom stereocenters. The van der Waals surface area contributed by atoms with Crippen molar-refractivity contribution < 1.29 is 14.3 Å². The van der Waals surface area contributed by atoms with Gasteiger partial charge in [-0.3, -0.25) is 4.79 Å². The van der Waals surface area contributed by atoms with Crippen LogP contribution in [0.15, 0.2) is 48.5 Å². The maximum atomic E-state index is 13.0. The molecule has 1 saturated heterocycles. The van der Waals surface area contributed by atoms with Gasteiger partial charge in [0, 0.05) is 5.02 Å². The number of morpholine rings is 1. The van der Waals surface area contributed by atoms with Gasteiger partial charge in [0.15, 0.2) is 0 Å². The van der Waals surface area contributed by atoms with Crippen LogP contribution < -0.4 is 4.74 Å². The Morgan fingerprint density at radius 3 is 2.65 bits per heavy atom. The van der Waals surface area contributed by atoms with Crippen LogP contribution in [0.5, 0.6) is 5.75 Å². The lowest BCUT2D eigenvalue weighted by atomic mass is 9.97. The highest BCUT2D eigenvalue weighted by atomic mass is 35.5. The molecule has 1 aliphatic heterocycles. The molecule has 5 heteroatoms. The standard InChI is InChI=1S/C21H24ClNO3/c1-21(2)14-26-19(16-5-4-6-17(22)12-16)13-23(21)20(24)11-15-7-9-18(25-3)10-8-15/h4-10,12,19H,11,13-14H2,1-3H3. The Morgan fingerprint density at radius 1 is 1.27 bits per heavy atom. The van der Waals surface area contributed by atoms with E-state index < -0.39 is 0 Å². The molecule has 1 aliphatic rings. The van der Waals surface area contributed by atoms with Gasteiger partial charge in [0.2, 0.25) is 5.91 Å². The Balaban J connectivity index is 1.75. The Hall–Kier alpha value is -2.04. The quantitative estimate of drug-likeness (QED) is 0.803. The molecule has 26 heavy (non-hydrogen) atoms. The number of carbonyl (C=O) groups is 1. The normalized spacial score (nSPS) is 19.2. The van der Waals surface area contributed by atoms with E-state index >= 15 is 0 Å². The fourth-order valence-corrected chi connectivity index (χ4v) is 3.41.